The molecule has 4 saturated heterocycles. The van der Waals surface area contributed by atoms with E-state index in [9.17, 15) is 30.3 Å². The van der Waals surface area contributed by atoms with Crippen LogP contribution in [0.2, 0.25) is 0 Å². The lowest BCUT2D eigenvalue weighted by Gasteiger charge is -2.74. The van der Waals surface area contributed by atoms with Gasteiger partial charge >= 0.3 is 5.97 Å². The first-order valence-electron chi connectivity index (χ1n) is 18.0. The van der Waals surface area contributed by atoms with Crippen molar-refractivity contribution in [3.05, 3.63) is 0 Å². The minimum atomic E-state index is -1.50. The third-order valence-corrected chi connectivity index (χ3v) is 16.9. The van der Waals surface area contributed by atoms with Crippen LogP contribution in [0.3, 0.4) is 0 Å². The SMILES string of the molecule is C[C@H]1[C@H]2[C@@H]3CC[C@@H]4[C@@]5(C)CC[C@H](O)[C@@](C)(CO[C@@H]6O[C@H](CO)[C@@H](O)[C@H](O)[C@H]6O)[C@H]5CC[C@@]4(C)[C@]3(C)CC[C@]23C(=O)O[C@@]1(C)[C@@H]1O[C@@H]13. The third kappa shape index (κ3) is 3.64. The smallest absolute Gasteiger partial charge is 0.315 e. The first kappa shape index (κ1) is 32.4. The summed E-state index contributed by atoms with van der Waals surface area (Å²) in [5.41, 5.74) is -1.59. The van der Waals surface area contributed by atoms with E-state index in [0.717, 1.165) is 44.9 Å². The van der Waals surface area contributed by atoms with Crippen molar-refractivity contribution in [1.82, 2.24) is 0 Å². The number of epoxide rings is 1. The van der Waals surface area contributed by atoms with E-state index >= 15 is 0 Å². The Bertz CT molecular complexity index is 1280. The highest BCUT2D eigenvalue weighted by atomic mass is 16.7. The van der Waals surface area contributed by atoms with Crippen molar-refractivity contribution in [3.8, 4) is 0 Å². The number of aliphatic hydroxyl groups is 5. The fraction of sp³-hybridized carbons (Fsp3) is 0.972. The van der Waals surface area contributed by atoms with Crippen molar-refractivity contribution in [2.45, 2.75) is 148 Å². The Morgan fingerprint density at radius 3 is 2.26 bits per heavy atom. The van der Waals surface area contributed by atoms with Gasteiger partial charge < -0.3 is 44.5 Å². The summed E-state index contributed by atoms with van der Waals surface area (Å²) in [6.07, 6.45) is 0.320. The van der Waals surface area contributed by atoms with Crippen LogP contribution in [0.15, 0.2) is 0 Å². The molecule has 0 aromatic heterocycles. The quantitative estimate of drug-likeness (QED) is 0.227. The van der Waals surface area contributed by atoms with Crippen molar-refractivity contribution < 1.29 is 49.3 Å². The number of aliphatic hydroxyl groups excluding tert-OH is 5. The highest BCUT2D eigenvalue weighted by Gasteiger charge is 2.84. The monoisotopic (exact) mass is 648 g/mol. The van der Waals surface area contributed by atoms with Gasteiger partial charge in [0.05, 0.1) is 19.3 Å². The maximum absolute atomic E-state index is 13.7. The summed E-state index contributed by atoms with van der Waals surface area (Å²) in [4.78, 5) is 13.7. The molecule has 46 heavy (non-hydrogen) atoms. The van der Waals surface area contributed by atoms with Gasteiger partial charge in [0, 0.05) is 11.3 Å². The highest BCUT2D eigenvalue weighted by Crippen LogP contribution is 2.79. The molecule has 260 valence electrons. The number of esters is 1. The Morgan fingerprint density at radius 2 is 1.54 bits per heavy atom. The molecule has 1 spiro atoms. The minimum absolute atomic E-state index is 0.00696. The van der Waals surface area contributed by atoms with Crippen LogP contribution in [-0.4, -0.2) is 99.3 Å². The molecule has 4 heterocycles. The first-order valence-corrected chi connectivity index (χ1v) is 18.0. The summed E-state index contributed by atoms with van der Waals surface area (Å²) in [6, 6.07) is 0. The van der Waals surface area contributed by atoms with Gasteiger partial charge in [-0.3, -0.25) is 4.79 Å². The van der Waals surface area contributed by atoms with Gasteiger partial charge in [0.25, 0.3) is 0 Å². The lowest BCUT2D eigenvalue weighted by Crippen LogP contribution is -2.74. The Kier molecular flexibility index (Phi) is 6.96. The highest BCUT2D eigenvalue weighted by molar-refractivity contribution is 5.82. The number of hydrogen-bond acceptors (Lipinski definition) is 10. The first-order chi connectivity index (χ1) is 21.5. The normalized spacial score (nSPS) is 63.5. The van der Waals surface area contributed by atoms with E-state index < -0.39 is 59.8 Å². The maximum Gasteiger partial charge on any atom is 0.315 e. The van der Waals surface area contributed by atoms with E-state index in [1.54, 1.807) is 0 Å². The van der Waals surface area contributed by atoms with Crippen LogP contribution in [-0.2, 0) is 23.7 Å². The summed E-state index contributed by atoms with van der Waals surface area (Å²) in [7, 11) is 0. The zero-order valence-corrected chi connectivity index (χ0v) is 28.4. The molecule has 0 unspecified atom stereocenters. The number of rotatable bonds is 4. The Hall–Kier alpha value is -0.850. The minimum Gasteiger partial charge on any atom is -0.456 e. The molecule has 10 nitrogen and oxygen atoms in total. The van der Waals surface area contributed by atoms with Crippen molar-refractivity contribution in [2.24, 2.45) is 56.7 Å². The van der Waals surface area contributed by atoms with Crippen LogP contribution >= 0.6 is 0 Å². The van der Waals surface area contributed by atoms with Gasteiger partial charge in [0.1, 0.15) is 47.6 Å². The summed E-state index contributed by atoms with van der Waals surface area (Å²) >= 11 is 0. The van der Waals surface area contributed by atoms with Gasteiger partial charge in [-0.15, -0.1) is 0 Å². The van der Waals surface area contributed by atoms with Crippen LogP contribution in [0.4, 0.5) is 0 Å². The molecule has 9 rings (SSSR count). The summed E-state index contributed by atoms with van der Waals surface area (Å²) in [6.45, 7) is 13.7. The Labute approximate surface area is 272 Å². The van der Waals surface area contributed by atoms with Crippen molar-refractivity contribution in [3.63, 3.8) is 0 Å². The van der Waals surface area contributed by atoms with Gasteiger partial charge in [-0.05, 0) is 98.2 Å². The average Bonchev–Trinajstić information content (AvgIpc) is 3.83. The molecule has 5 saturated carbocycles. The molecule has 0 aromatic carbocycles. The largest absolute Gasteiger partial charge is 0.456 e. The number of fused-ring (bicyclic) bond motifs is 6. The summed E-state index contributed by atoms with van der Waals surface area (Å²) < 4.78 is 24.3. The van der Waals surface area contributed by atoms with E-state index in [4.69, 9.17) is 18.9 Å². The predicted octanol–water partition coefficient (Wildman–Crippen LogP) is 2.55. The van der Waals surface area contributed by atoms with Gasteiger partial charge in [0.15, 0.2) is 6.29 Å². The number of hydrogen-bond donors (Lipinski definition) is 5. The average molecular weight is 649 g/mol. The number of ether oxygens (including phenoxy) is 4. The second-order valence-corrected chi connectivity index (χ2v) is 18.1. The molecule has 10 heteroatoms. The molecule has 2 bridgehead atoms. The van der Waals surface area contributed by atoms with Crippen molar-refractivity contribution in [2.75, 3.05) is 13.2 Å². The Balaban J connectivity index is 1.07. The van der Waals surface area contributed by atoms with Gasteiger partial charge in [-0.1, -0.05) is 34.6 Å². The molecular formula is C36H56O10. The standard InChI is InChI=1S/C36H56O10/c1-17-23-18-7-8-21-31(2)11-10-22(38)32(3,16-43-29-26(41)25(40)24(39)19(15-37)44-29)20(31)9-12-34(21,5)33(18,4)13-14-36(23)28-27(45-28)35(17,6)46-30(36)42/h17-29,37-41H,7-16H2,1-6H3/t17-,18-,19+,20-,21+,22-,23-,24+,25-,26+,27+,28-,29+,31-,32-,33+,34+,35+,36-/m0/s1. The number of carbonyl (C=O) groups is 1. The molecule has 4 aliphatic heterocycles. The topological polar surface area (TPSA) is 158 Å². The van der Waals surface area contributed by atoms with E-state index in [-0.39, 0.29) is 58.8 Å². The molecule has 9 aliphatic rings. The third-order valence-electron chi connectivity index (χ3n) is 16.9. The van der Waals surface area contributed by atoms with Crippen LogP contribution in [0, 0.1) is 56.7 Å². The molecule has 9 fully saturated rings. The zero-order chi connectivity index (χ0) is 33.0. The van der Waals surface area contributed by atoms with E-state index in [0.29, 0.717) is 18.3 Å². The van der Waals surface area contributed by atoms with E-state index in [1.165, 1.54) is 0 Å². The van der Waals surface area contributed by atoms with Crippen molar-refractivity contribution in [1.29, 1.82) is 0 Å². The summed E-state index contributed by atoms with van der Waals surface area (Å²) in [5, 5.41) is 52.5. The van der Waals surface area contributed by atoms with E-state index in [1.807, 2.05) is 0 Å². The fourth-order valence-corrected chi connectivity index (χ4v) is 14.0. The van der Waals surface area contributed by atoms with Crippen LogP contribution < -0.4 is 0 Å². The predicted molar refractivity (Wildman–Crippen MR) is 164 cm³/mol. The molecule has 5 aliphatic carbocycles. The Morgan fingerprint density at radius 1 is 0.804 bits per heavy atom. The van der Waals surface area contributed by atoms with Crippen LogP contribution in [0.5, 0.6) is 0 Å². The van der Waals surface area contributed by atoms with Gasteiger partial charge in [-0.25, -0.2) is 0 Å². The molecule has 5 N–H and O–H groups in total. The van der Waals surface area contributed by atoms with Crippen LogP contribution in [0.1, 0.15) is 92.9 Å². The second-order valence-electron chi connectivity index (χ2n) is 18.1. The van der Waals surface area contributed by atoms with Crippen LogP contribution in [0.25, 0.3) is 0 Å². The summed E-state index contributed by atoms with van der Waals surface area (Å²) in [5.74, 6) is 1.52. The number of carbonyl (C=O) groups excluding carboxylic acids is 1. The molecule has 0 radical (unpaired) electrons. The second kappa shape index (κ2) is 9.89. The molecule has 19 atom stereocenters. The maximum atomic E-state index is 13.7. The fourth-order valence-electron chi connectivity index (χ4n) is 14.0. The van der Waals surface area contributed by atoms with Crippen molar-refractivity contribution >= 4 is 5.97 Å². The molecule has 0 amide bonds. The molecule has 0 aromatic rings. The molecular weight excluding hydrogens is 592 g/mol. The van der Waals surface area contributed by atoms with E-state index in [2.05, 4.69) is 41.5 Å². The lowest BCUT2D eigenvalue weighted by molar-refractivity contribution is -0.318. The zero-order valence-electron chi connectivity index (χ0n) is 28.4. The van der Waals surface area contributed by atoms with Gasteiger partial charge in [0.2, 0.25) is 0 Å². The van der Waals surface area contributed by atoms with Gasteiger partial charge in [-0.2, -0.15) is 0 Å². The lowest BCUT2D eigenvalue weighted by atomic mass is 9.30.